The van der Waals surface area contributed by atoms with E-state index >= 15 is 0 Å². The molecule has 0 rings (SSSR count). The van der Waals surface area contributed by atoms with E-state index in [1.807, 2.05) is 0 Å². The van der Waals surface area contributed by atoms with Gasteiger partial charge < -0.3 is 0 Å². The smallest absolute Gasteiger partial charge is 0.0329 e. The molecule has 0 heteroatoms. The van der Waals surface area contributed by atoms with Crippen molar-refractivity contribution < 1.29 is 0 Å². The van der Waals surface area contributed by atoms with Gasteiger partial charge in [-0.3, -0.25) is 0 Å². The van der Waals surface area contributed by atoms with Gasteiger partial charge in [-0.1, -0.05) is 40.5 Å². The molecule has 0 aromatic carbocycles. The van der Waals surface area contributed by atoms with Crippen LogP contribution in [0.3, 0.4) is 0 Å². The normalized spacial score (nSPS) is 12.6. The summed E-state index contributed by atoms with van der Waals surface area (Å²) in [6, 6.07) is 0. The van der Waals surface area contributed by atoms with Gasteiger partial charge in [-0.05, 0) is 24.7 Å². The van der Waals surface area contributed by atoms with Gasteiger partial charge in [0.1, 0.15) is 0 Å². The van der Waals surface area contributed by atoms with Gasteiger partial charge in [-0.25, -0.2) is 0 Å². The topological polar surface area (TPSA) is 0 Å². The van der Waals surface area contributed by atoms with Crippen LogP contribution in [0.25, 0.3) is 0 Å². The Bertz CT molecular complexity index is 80.0. The SMILES string of the molecule is [CH2]C(C)C(C)(C)CCCC. The maximum atomic E-state index is 4.06. The fraction of sp³-hybridized carbons (Fsp3) is 0.900. The van der Waals surface area contributed by atoms with Crippen LogP contribution in [0, 0.1) is 18.3 Å². The molecule has 61 valence electrons. The van der Waals surface area contributed by atoms with Gasteiger partial charge in [0.25, 0.3) is 0 Å². The third-order valence-corrected chi connectivity index (χ3v) is 2.51. The van der Waals surface area contributed by atoms with Crippen LogP contribution in [-0.2, 0) is 0 Å². The van der Waals surface area contributed by atoms with E-state index in [0.717, 1.165) is 0 Å². The number of hydrogen-bond donors (Lipinski definition) is 0. The molecule has 0 bridgehead atoms. The van der Waals surface area contributed by atoms with Crippen molar-refractivity contribution >= 4 is 0 Å². The van der Waals surface area contributed by atoms with Crippen molar-refractivity contribution in [1.29, 1.82) is 0 Å². The Labute approximate surface area is 66.0 Å². The first-order valence-electron chi connectivity index (χ1n) is 4.33. The van der Waals surface area contributed by atoms with Crippen LogP contribution in [0.2, 0.25) is 0 Å². The van der Waals surface area contributed by atoms with Gasteiger partial charge in [-0.2, -0.15) is 0 Å². The van der Waals surface area contributed by atoms with Crippen molar-refractivity contribution in [1.82, 2.24) is 0 Å². The molecule has 0 nitrogen and oxygen atoms in total. The van der Waals surface area contributed by atoms with Gasteiger partial charge in [0.2, 0.25) is 0 Å². The van der Waals surface area contributed by atoms with Gasteiger partial charge in [0, 0.05) is 0 Å². The highest BCUT2D eigenvalue weighted by atomic mass is 14.3. The molecule has 0 amide bonds. The van der Waals surface area contributed by atoms with Crippen molar-refractivity contribution in [3.05, 3.63) is 6.92 Å². The number of hydrogen-bond acceptors (Lipinski definition) is 0. The fourth-order valence-corrected chi connectivity index (χ4v) is 0.879. The summed E-state index contributed by atoms with van der Waals surface area (Å²) >= 11 is 0. The van der Waals surface area contributed by atoms with E-state index in [1.165, 1.54) is 19.3 Å². The lowest BCUT2D eigenvalue weighted by Crippen LogP contribution is -2.18. The molecular weight excluding hydrogens is 120 g/mol. The Morgan fingerprint density at radius 2 is 1.90 bits per heavy atom. The highest BCUT2D eigenvalue weighted by molar-refractivity contribution is 4.76. The monoisotopic (exact) mass is 141 g/mol. The van der Waals surface area contributed by atoms with Crippen LogP contribution >= 0.6 is 0 Å². The minimum Gasteiger partial charge on any atom is -0.0654 e. The zero-order chi connectivity index (χ0) is 8.20. The van der Waals surface area contributed by atoms with Crippen molar-refractivity contribution in [2.75, 3.05) is 0 Å². The third kappa shape index (κ3) is 3.24. The number of rotatable bonds is 4. The first-order valence-corrected chi connectivity index (χ1v) is 4.33. The van der Waals surface area contributed by atoms with E-state index in [4.69, 9.17) is 0 Å². The van der Waals surface area contributed by atoms with Gasteiger partial charge in [-0.15, -0.1) is 0 Å². The zero-order valence-corrected chi connectivity index (χ0v) is 7.91. The van der Waals surface area contributed by atoms with E-state index in [9.17, 15) is 0 Å². The molecule has 0 saturated heterocycles. The standard InChI is InChI=1S/C10H21/c1-6-7-8-10(4,5)9(2)3/h9H,2,6-8H2,1,3-5H3. The van der Waals surface area contributed by atoms with E-state index in [-0.39, 0.29) is 0 Å². The molecule has 1 unspecified atom stereocenters. The largest absolute Gasteiger partial charge is 0.0654 e. The van der Waals surface area contributed by atoms with E-state index in [2.05, 4.69) is 34.6 Å². The molecule has 0 aliphatic carbocycles. The van der Waals surface area contributed by atoms with E-state index in [0.29, 0.717) is 11.3 Å². The lowest BCUT2D eigenvalue weighted by Gasteiger charge is -2.28. The second kappa shape index (κ2) is 4.00. The Balaban J connectivity index is 3.63. The zero-order valence-electron chi connectivity index (χ0n) is 7.91. The van der Waals surface area contributed by atoms with Crippen molar-refractivity contribution in [2.24, 2.45) is 11.3 Å². The fourth-order valence-electron chi connectivity index (χ4n) is 0.879. The summed E-state index contributed by atoms with van der Waals surface area (Å²) in [5.41, 5.74) is 0.440. The molecule has 0 aromatic rings. The summed E-state index contributed by atoms with van der Waals surface area (Å²) in [5, 5.41) is 0. The van der Waals surface area contributed by atoms with Gasteiger partial charge in [0.15, 0.2) is 0 Å². The van der Waals surface area contributed by atoms with E-state index in [1.54, 1.807) is 0 Å². The third-order valence-electron chi connectivity index (χ3n) is 2.51. The lowest BCUT2D eigenvalue weighted by molar-refractivity contribution is 0.245. The second-order valence-electron chi connectivity index (χ2n) is 3.99. The predicted molar refractivity (Wildman–Crippen MR) is 47.8 cm³/mol. The first kappa shape index (κ1) is 10.0. The maximum absolute atomic E-state index is 4.06. The summed E-state index contributed by atoms with van der Waals surface area (Å²) in [5.74, 6) is 0.569. The van der Waals surface area contributed by atoms with Crippen LogP contribution < -0.4 is 0 Å². The predicted octanol–water partition coefficient (Wildman–Crippen LogP) is 3.67. The summed E-state index contributed by atoms with van der Waals surface area (Å²) in [4.78, 5) is 0. The maximum Gasteiger partial charge on any atom is -0.0329 e. The van der Waals surface area contributed by atoms with Crippen molar-refractivity contribution in [3.63, 3.8) is 0 Å². The summed E-state index contributed by atoms with van der Waals surface area (Å²) in [7, 11) is 0. The van der Waals surface area contributed by atoms with Crippen LogP contribution in [0.15, 0.2) is 0 Å². The minimum absolute atomic E-state index is 0.440. The molecule has 0 aliphatic rings. The molecule has 0 aromatic heterocycles. The summed E-state index contributed by atoms with van der Waals surface area (Å²) in [6.45, 7) is 13.1. The average molecular weight is 141 g/mol. The van der Waals surface area contributed by atoms with Crippen LogP contribution in [0.4, 0.5) is 0 Å². The van der Waals surface area contributed by atoms with Crippen molar-refractivity contribution in [3.8, 4) is 0 Å². The Kier molecular flexibility index (Phi) is 4.00. The highest BCUT2D eigenvalue weighted by Crippen LogP contribution is 2.31. The average Bonchev–Trinajstić information content (AvgIpc) is 1.84. The molecule has 0 heterocycles. The molecule has 10 heavy (non-hydrogen) atoms. The molecule has 0 fully saturated rings. The molecule has 0 aliphatic heterocycles. The summed E-state index contributed by atoms with van der Waals surface area (Å²) < 4.78 is 0. The molecule has 1 radical (unpaired) electrons. The lowest BCUT2D eigenvalue weighted by atomic mass is 9.77. The van der Waals surface area contributed by atoms with Crippen LogP contribution in [0.1, 0.15) is 47.0 Å². The van der Waals surface area contributed by atoms with Crippen LogP contribution in [-0.4, -0.2) is 0 Å². The van der Waals surface area contributed by atoms with Crippen molar-refractivity contribution in [2.45, 2.75) is 47.0 Å². The van der Waals surface area contributed by atoms with Gasteiger partial charge in [0.05, 0.1) is 0 Å². The molecular formula is C10H21. The number of unbranched alkanes of at least 4 members (excludes halogenated alkanes) is 1. The van der Waals surface area contributed by atoms with Crippen LogP contribution in [0.5, 0.6) is 0 Å². The first-order chi connectivity index (χ1) is 4.50. The summed E-state index contributed by atoms with van der Waals surface area (Å²) in [6.07, 6.45) is 3.96. The quantitative estimate of drug-likeness (QED) is 0.560. The minimum atomic E-state index is 0.440. The second-order valence-corrected chi connectivity index (χ2v) is 3.99. The Morgan fingerprint density at radius 1 is 1.40 bits per heavy atom. The molecule has 0 saturated carbocycles. The molecule has 0 spiro atoms. The van der Waals surface area contributed by atoms with E-state index < -0.39 is 0 Å². The molecule has 1 atom stereocenters. The van der Waals surface area contributed by atoms with Gasteiger partial charge >= 0.3 is 0 Å². The molecule has 0 N–H and O–H groups in total. The Hall–Kier alpha value is 0. The highest BCUT2D eigenvalue weighted by Gasteiger charge is 2.20. The Morgan fingerprint density at radius 3 is 2.20 bits per heavy atom.